The highest BCUT2D eigenvalue weighted by atomic mass is 32.2. The van der Waals surface area contributed by atoms with E-state index < -0.39 is 0 Å². The van der Waals surface area contributed by atoms with Gasteiger partial charge in [-0.2, -0.15) is 0 Å². The molecule has 0 fully saturated rings. The molecule has 2 aromatic heterocycles. The summed E-state index contributed by atoms with van der Waals surface area (Å²) in [5, 5.41) is 12.8. The molecule has 0 aliphatic rings. The van der Waals surface area contributed by atoms with E-state index in [1.54, 1.807) is 0 Å². The molecule has 1 amide bonds. The number of aromatic nitrogens is 4. The molecular formula is C21H21N5OS. The van der Waals surface area contributed by atoms with Gasteiger partial charge in [0.15, 0.2) is 5.65 Å². The predicted molar refractivity (Wildman–Crippen MR) is 114 cm³/mol. The van der Waals surface area contributed by atoms with Crippen molar-refractivity contribution in [3.8, 4) is 0 Å². The number of carbonyl (C=O) groups is 1. The number of aryl methyl sites for hydroxylation is 2. The second-order valence-electron chi connectivity index (χ2n) is 6.73. The molecule has 7 heteroatoms. The lowest BCUT2D eigenvalue weighted by molar-refractivity contribution is -0.115. The molecule has 6 nitrogen and oxygen atoms in total. The molecule has 0 radical (unpaired) electrons. The number of hydrogen-bond donors (Lipinski definition) is 2. The van der Waals surface area contributed by atoms with E-state index in [-0.39, 0.29) is 11.2 Å². The minimum atomic E-state index is -0.303. The summed E-state index contributed by atoms with van der Waals surface area (Å²) in [6.07, 6.45) is 0.662. The van der Waals surface area contributed by atoms with Crippen molar-refractivity contribution >= 4 is 45.4 Å². The number of rotatable bonds is 5. The first-order valence-corrected chi connectivity index (χ1v) is 10.1. The van der Waals surface area contributed by atoms with Crippen molar-refractivity contribution in [2.45, 2.75) is 37.6 Å². The fourth-order valence-electron chi connectivity index (χ4n) is 3.22. The molecule has 1 unspecified atom stereocenters. The van der Waals surface area contributed by atoms with E-state index in [1.165, 1.54) is 11.8 Å². The molecule has 142 valence electrons. The zero-order valence-corrected chi connectivity index (χ0v) is 16.8. The maximum absolute atomic E-state index is 12.8. The molecule has 0 saturated heterocycles. The van der Waals surface area contributed by atoms with Crippen LogP contribution in [0.5, 0.6) is 0 Å². The highest BCUT2D eigenvalue weighted by Crippen LogP contribution is 2.28. The average Bonchev–Trinajstić information content (AvgIpc) is 3.06. The molecule has 0 saturated carbocycles. The van der Waals surface area contributed by atoms with Gasteiger partial charge in [-0.1, -0.05) is 55.1 Å². The Labute approximate surface area is 167 Å². The smallest absolute Gasteiger partial charge is 0.237 e. The van der Waals surface area contributed by atoms with Crippen molar-refractivity contribution in [3.63, 3.8) is 0 Å². The summed E-state index contributed by atoms with van der Waals surface area (Å²) >= 11 is 1.34. The fraction of sp³-hybridized carbons (Fsp3) is 0.238. The molecule has 2 heterocycles. The number of para-hydroxylation sites is 2. The van der Waals surface area contributed by atoms with Gasteiger partial charge in [0.25, 0.3) is 0 Å². The Morgan fingerprint density at radius 1 is 1.11 bits per heavy atom. The largest absolute Gasteiger partial charge is 0.338 e. The number of fused-ring (bicyclic) bond motifs is 3. The van der Waals surface area contributed by atoms with Gasteiger partial charge in [-0.25, -0.2) is 4.98 Å². The lowest BCUT2D eigenvalue weighted by Crippen LogP contribution is -2.25. The molecule has 0 aliphatic carbocycles. The first kappa shape index (κ1) is 18.4. The van der Waals surface area contributed by atoms with E-state index in [2.05, 4.69) is 25.5 Å². The third-order valence-corrected chi connectivity index (χ3v) is 5.96. The molecule has 0 spiro atoms. The molecule has 0 bridgehead atoms. The van der Waals surface area contributed by atoms with Crippen LogP contribution < -0.4 is 5.32 Å². The third-order valence-electron chi connectivity index (χ3n) is 4.74. The van der Waals surface area contributed by atoms with Crippen LogP contribution in [0.1, 0.15) is 24.5 Å². The number of hydrogen-bond acceptors (Lipinski definition) is 5. The Balaban J connectivity index is 1.57. The van der Waals surface area contributed by atoms with Gasteiger partial charge in [-0.15, -0.1) is 10.2 Å². The van der Waals surface area contributed by atoms with Gasteiger partial charge in [0, 0.05) is 16.6 Å². The normalized spacial score (nSPS) is 12.4. The molecule has 28 heavy (non-hydrogen) atoms. The first-order valence-electron chi connectivity index (χ1n) is 9.21. The third kappa shape index (κ3) is 3.45. The quantitative estimate of drug-likeness (QED) is 0.485. The van der Waals surface area contributed by atoms with Crippen molar-refractivity contribution in [2.24, 2.45) is 0 Å². The summed E-state index contributed by atoms with van der Waals surface area (Å²) < 4.78 is 0. The van der Waals surface area contributed by atoms with Crippen LogP contribution in [0.2, 0.25) is 0 Å². The number of nitrogens with zero attached hydrogens (tertiary/aromatic N) is 3. The number of aromatic amines is 1. The predicted octanol–water partition coefficient (Wildman–Crippen LogP) is 4.63. The van der Waals surface area contributed by atoms with Crippen LogP contribution in [0, 0.1) is 13.8 Å². The van der Waals surface area contributed by atoms with Crippen LogP contribution in [0.25, 0.3) is 22.1 Å². The van der Waals surface area contributed by atoms with Crippen molar-refractivity contribution in [3.05, 3.63) is 53.6 Å². The number of H-pyrrole nitrogens is 1. The van der Waals surface area contributed by atoms with Gasteiger partial charge in [-0.05, 0) is 37.5 Å². The summed E-state index contributed by atoms with van der Waals surface area (Å²) in [5.41, 5.74) is 5.37. The Bertz CT molecular complexity index is 1150. The monoisotopic (exact) mass is 391 g/mol. The van der Waals surface area contributed by atoms with Gasteiger partial charge in [0.05, 0.1) is 5.25 Å². The summed E-state index contributed by atoms with van der Waals surface area (Å²) in [7, 11) is 0. The SMILES string of the molecule is CCC(Sc1nnc2c(n1)[nH]c1ccccc12)C(=O)Nc1c(C)cccc1C. The molecule has 4 aromatic rings. The topological polar surface area (TPSA) is 83.6 Å². The molecular weight excluding hydrogens is 370 g/mol. The summed E-state index contributed by atoms with van der Waals surface area (Å²) in [5.74, 6) is -0.0507. The average molecular weight is 392 g/mol. The molecule has 4 rings (SSSR count). The van der Waals surface area contributed by atoms with Gasteiger partial charge in [0.2, 0.25) is 11.1 Å². The summed E-state index contributed by atoms with van der Waals surface area (Å²) in [4.78, 5) is 20.7. The number of amides is 1. The molecule has 2 N–H and O–H groups in total. The van der Waals surface area contributed by atoms with Gasteiger partial charge in [0.1, 0.15) is 5.52 Å². The first-order chi connectivity index (χ1) is 13.6. The summed E-state index contributed by atoms with van der Waals surface area (Å²) in [6.45, 7) is 5.97. The maximum Gasteiger partial charge on any atom is 0.237 e. The minimum Gasteiger partial charge on any atom is -0.338 e. The summed E-state index contributed by atoms with van der Waals surface area (Å²) in [6, 6.07) is 13.9. The van der Waals surface area contributed by atoms with Crippen LogP contribution in [-0.2, 0) is 4.79 Å². The van der Waals surface area contributed by atoms with Crippen molar-refractivity contribution < 1.29 is 4.79 Å². The lowest BCUT2D eigenvalue weighted by atomic mass is 10.1. The van der Waals surface area contributed by atoms with Crippen LogP contribution in [0.4, 0.5) is 5.69 Å². The van der Waals surface area contributed by atoms with Crippen LogP contribution >= 0.6 is 11.8 Å². The number of anilines is 1. The van der Waals surface area contributed by atoms with Gasteiger partial charge >= 0.3 is 0 Å². The Morgan fingerprint density at radius 3 is 2.61 bits per heavy atom. The Kier molecular flexibility index (Phi) is 5.00. The second-order valence-corrected chi connectivity index (χ2v) is 7.90. The van der Waals surface area contributed by atoms with E-state index in [4.69, 9.17) is 0 Å². The lowest BCUT2D eigenvalue weighted by Gasteiger charge is -2.16. The van der Waals surface area contributed by atoms with Crippen LogP contribution in [-0.4, -0.2) is 31.3 Å². The van der Waals surface area contributed by atoms with E-state index in [0.717, 1.165) is 33.2 Å². The zero-order valence-electron chi connectivity index (χ0n) is 16.0. The van der Waals surface area contributed by atoms with Gasteiger partial charge < -0.3 is 10.3 Å². The standard InChI is InChI=1S/C21H21N5OS/c1-4-16(20(27)23-17-12(2)8-7-9-13(17)3)28-21-24-19-18(25-26-21)14-10-5-6-11-15(14)22-19/h5-11,16H,4H2,1-3H3,(H,23,27)(H,22,24,26). The zero-order chi connectivity index (χ0) is 19.7. The van der Waals surface area contributed by atoms with Crippen molar-refractivity contribution in [1.29, 1.82) is 0 Å². The highest BCUT2D eigenvalue weighted by molar-refractivity contribution is 8.00. The van der Waals surface area contributed by atoms with Gasteiger partial charge in [-0.3, -0.25) is 4.79 Å². The van der Waals surface area contributed by atoms with E-state index in [9.17, 15) is 4.79 Å². The number of benzene rings is 2. The van der Waals surface area contributed by atoms with Crippen molar-refractivity contribution in [2.75, 3.05) is 5.32 Å². The number of nitrogens with one attached hydrogen (secondary N) is 2. The number of thioether (sulfide) groups is 1. The Hall–Kier alpha value is -2.93. The second kappa shape index (κ2) is 7.59. The molecule has 1 atom stereocenters. The van der Waals surface area contributed by atoms with E-state index >= 15 is 0 Å². The minimum absolute atomic E-state index is 0.0507. The van der Waals surface area contributed by atoms with E-state index in [0.29, 0.717) is 17.2 Å². The Morgan fingerprint density at radius 2 is 1.86 bits per heavy atom. The highest BCUT2D eigenvalue weighted by Gasteiger charge is 2.21. The van der Waals surface area contributed by atoms with Crippen LogP contribution in [0.15, 0.2) is 47.6 Å². The van der Waals surface area contributed by atoms with Crippen LogP contribution in [0.3, 0.4) is 0 Å². The number of carbonyl (C=O) groups excluding carboxylic acids is 1. The maximum atomic E-state index is 12.8. The van der Waals surface area contributed by atoms with E-state index in [1.807, 2.05) is 63.2 Å². The van der Waals surface area contributed by atoms with Crippen molar-refractivity contribution in [1.82, 2.24) is 20.2 Å². The molecule has 0 aliphatic heterocycles. The molecule has 2 aromatic carbocycles. The fourth-order valence-corrected chi connectivity index (χ4v) is 4.04.